The second-order valence-corrected chi connectivity index (χ2v) is 5.67. The minimum atomic E-state index is -0.159. The molecule has 3 rings (SSSR count). The molecular weight excluding hydrogens is 306 g/mol. The molecule has 3 aromatic heterocycles. The lowest BCUT2D eigenvalue weighted by molar-refractivity contribution is -0.114. The zero-order valence-electron chi connectivity index (χ0n) is 13.7. The third-order valence-corrected chi connectivity index (χ3v) is 3.16. The van der Waals surface area contributed by atoms with Crippen molar-refractivity contribution in [3.8, 4) is 0 Å². The number of aromatic nitrogens is 4. The number of carbonyl (C=O) groups excluding carboxylic acids is 1. The number of fused-ring (bicyclic) bond motifs is 1. The van der Waals surface area contributed by atoms with Crippen LogP contribution in [0.25, 0.3) is 11.0 Å². The second-order valence-electron chi connectivity index (χ2n) is 5.67. The van der Waals surface area contributed by atoms with Crippen LogP contribution in [0, 0.1) is 0 Å². The van der Waals surface area contributed by atoms with Gasteiger partial charge in [0.25, 0.3) is 0 Å². The van der Waals surface area contributed by atoms with E-state index in [4.69, 9.17) is 0 Å². The van der Waals surface area contributed by atoms with Gasteiger partial charge in [0, 0.05) is 19.2 Å². The lowest BCUT2D eigenvalue weighted by atomic mass is 10.3. The summed E-state index contributed by atoms with van der Waals surface area (Å²) >= 11 is 0. The van der Waals surface area contributed by atoms with Crippen LogP contribution in [0.3, 0.4) is 0 Å². The number of aromatic amines is 1. The van der Waals surface area contributed by atoms with E-state index in [-0.39, 0.29) is 11.9 Å². The maximum Gasteiger partial charge on any atom is 0.231 e. The molecule has 0 bridgehead atoms. The first-order chi connectivity index (χ1) is 11.5. The molecule has 3 aromatic rings. The van der Waals surface area contributed by atoms with Gasteiger partial charge >= 0.3 is 0 Å². The summed E-state index contributed by atoms with van der Waals surface area (Å²) in [6.45, 7) is 5.55. The van der Waals surface area contributed by atoms with E-state index in [1.165, 1.54) is 6.92 Å². The highest BCUT2D eigenvalue weighted by Gasteiger charge is 2.10. The predicted octanol–water partition coefficient (Wildman–Crippen LogP) is 2.88. The maximum atomic E-state index is 11.0. The van der Waals surface area contributed by atoms with Gasteiger partial charge in [-0.3, -0.25) is 4.79 Å². The molecule has 0 radical (unpaired) electrons. The van der Waals surface area contributed by atoms with Crippen molar-refractivity contribution in [2.45, 2.75) is 26.8 Å². The fourth-order valence-electron chi connectivity index (χ4n) is 2.23. The summed E-state index contributed by atoms with van der Waals surface area (Å²) in [6.07, 6.45) is 3.45. The number of H-pyrrole nitrogens is 1. The van der Waals surface area contributed by atoms with E-state index in [9.17, 15) is 4.79 Å². The highest BCUT2D eigenvalue weighted by molar-refractivity contribution is 5.89. The van der Waals surface area contributed by atoms with Gasteiger partial charge in [0.05, 0.1) is 17.3 Å². The minimum absolute atomic E-state index is 0.159. The van der Waals surface area contributed by atoms with Gasteiger partial charge in [-0.05, 0) is 32.0 Å². The van der Waals surface area contributed by atoms with Crippen molar-refractivity contribution < 1.29 is 4.79 Å². The van der Waals surface area contributed by atoms with Crippen LogP contribution < -0.4 is 16.0 Å². The van der Waals surface area contributed by atoms with Crippen molar-refractivity contribution in [2.75, 3.05) is 16.0 Å². The lowest BCUT2D eigenvalue weighted by Gasteiger charge is -2.12. The van der Waals surface area contributed by atoms with Crippen LogP contribution in [-0.4, -0.2) is 31.9 Å². The van der Waals surface area contributed by atoms with Crippen molar-refractivity contribution in [3.05, 3.63) is 30.6 Å². The Morgan fingerprint density at radius 1 is 1.21 bits per heavy atom. The average molecular weight is 325 g/mol. The number of nitrogens with zero attached hydrogens (tertiary/aromatic N) is 3. The Hall–Kier alpha value is -3.16. The van der Waals surface area contributed by atoms with E-state index in [1.54, 1.807) is 18.3 Å². The van der Waals surface area contributed by atoms with Crippen LogP contribution in [0.15, 0.2) is 30.6 Å². The number of rotatable bonds is 5. The van der Waals surface area contributed by atoms with Gasteiger partial charge < -0.3 is 20.9 Å². The molecule has 0 fully saturated rings. The number of hydrogen-bond acceptors (Lipinski definition) is 6. The monoisotopic (exact) mass is 325 g/mol. The Morgan fingerprint density at radius 3 is 2.71 bits per heavy atom. The Labute approximate surface area is 139 Å². The van der Waals surface area contributed by atoms with Crippen molar-refractivity contribution in [2.24, 2.45) is 0 Å². The molecular formula is C16H19N7O. The zero-order chi connectivity index (χ0) is 17.1. The summed E-state index contributed by atoms with van der Waals surface area (Å²) < 4.78 is 0. The first kappa shape index (κ1) is 15.7. The van der Waals surface area contributed by atoms with Gasteiger partial charge in [0.15, 0.2) is 0 Å². The molecule has 0 saturated carbocycles. The van der Waals surface area contributed by atoms with Crippen LogP contribution in [0.2, 0.25) is 0 Å². The fourth-order valence-corrected chi connectivity index (χ4v) is 2.23. The maximum absolute atomic E-state index is 11.0. The van der Waals surface area contributed by atoms with Gasteiger partial charge in [-0.15, -0.1) is 0 Å². The van der Waals surface area contributed by atoms with E-state index < -0.39 is 0 Å². The van der Waals surface area contributed by atoms with Gasteiger partial charge in [-0.25, -0.2) is 4.98 Å². The predicted molar refractivity (Wildman–Crippen MR) is 94.5 cm³/mol. The molecule has 24 heavy (non-hydrogen) atoms. The highest BCUT2D eigenvalue weighted by Crippen LogP contribution is 2.23. The summed E-state index contributed by atoms with van der Waals surface area (Å²) in [5.74, 6) is 1.56. The standard InChI is InChI=1S/C16H19N7O/c1-9(2)19-15-12-6-7-17-14(12)22-16(23-15)21-11-4-5-13(18-8-11)20-10(3)24/h4-9H,1-3H3,(H,18,20,24)(H3,17,19,21,22,23). The summed E-state index contributed by atoms with van der Waals surface area (Å²) in [5, 5.41) is 10.0. The van der Waals surface area contributed by atoms with Gasteiger partial charge in [-0.2, -0.15) is 9.97 Å². The third-order valence-electron chi connectivity index (χ3n) is 3.16. The molecule has 0 aliphatic heterocycles. The molecule has 0 atom stereocenters. The molecule has 1 amide bonds. The van der Waals surface area contributed by atoms with E-state index in [0.717, 1.165) is 22.5 Å². The van der Waals surface area contributed by atoms with E-state index in [0.29, 0.717) is 11.8 Å². The summed E-state index contributed by atoms with van der Waals surface area (Å²) in [7, 11) is 0. The summed E-state index contributed by atoms with van der Waals surface area (Å²) in [4.78, 5) is 27.3. The number of carbonyl (C=O) groups is 1. The first-order valence-corrected chi connectivity index (χ1v) is 7.63. The zero-order valence-corrected chi connectivity index (χ0v) is 13.7. The fraction of sp³-hybridized carbons (Fsp3) is 0.250. The molecule has 124 valence electrons. The summed E-state index contributed by atoms with van der Waals surface area (Å²) in [6, 6.07) is 5.71. The topological polar surface area (TPSA) is 108 Å². The van der Waals surface area contributed by atoms with Crippen molar-refractivity contribution in [3.63, 3.8) is 0 Å². The smallest absolute Gasteiger partial charge is 0.231 e. The number of nitrogens with one attached hydrogen (secondary N) is 4. The Kier molecular flexibility index (Phi) is 4.28. The molecule has 4 N–H and O–H groups in total. The Bertz CT molecular complexity index is 854. The highest BCUT2D eigenvalue weighted by atomic mass is 16.1. The SMILES string of the molecule is CC(=O)Nc1ccc(Nc2nc(NC(C)C)c3cc[nH]c3n2)cn1. The average Bonchev–Trinajstić information content (AvgIpc) is 2.97. The van der Waals surface area contributed by atoms with Gasteiger partial charge in [0.2, 0.25) is 11.9 Å². The van der Waals surface area contributed by atoms with Gasteiger partial charge in [0.1, 0.15) is 17.3 Å². The molecule has 0 aromatic carbocycles. The Balaban J connectivity index is 1.85. The number of pyridine rings is 1. The number of anilines is 4. The molecule has 8 nitrogen and oxygen atoms in total. The molecule has 0 saturated heterocycles. The van der Waals surface area contributed by atoms with Gasteiger partial charge in [-0.1, -0.05) is 0 Å². The molecule has 0 aliphatic carbocycles. The normalized spacial score (nSPS) is 10.8. The molecule has 8 heteroatoms. The van der Waals surface area contributed by atoms with Crippen molar-refractivity contribution in [1.29, 1.82) is 0 Å². The second kappa shape index (κ2) is 6.53. The van der Waals surface area contributed by atoms with Crippen LogP contribution in [-0.2, 0) is 4.79 Å². The summed E-state index contributed by atoms with van der Waals surface area (Å²) in [5.41, 5.74) is 1.48. The lowest BCUT2D eigenvalue weighted by Crippen LogP contribution is -2.12. The van der Waals surface area contributed by atoms with Crippen LogP contribution in [0.4, 0.5) is 23.3 Å². The molecule has 0 aliphatic rings. The molecule has 3 heterocycles. The number of amides is 1. The van der Waals surface area contributed by atoms with E-state index in [1.807, 2.05) is 12.3 Å². The van der Waals surface area contributed by atoms with E-state index in [2.05, 4.69) is 49.7 Å². The minimum Gasteiger partial charge on any atom is -0.367 e. The molecule has 0 spiro atoms. The quantitative estimate of drug-likeness (QED) is 0.574. The van der Waals surface area contributed by atoms with Crippen molar-refractivity contribution in [1.82, 2.24) is 19.9 Å². The van der Waals surface area contributed by atoms with E-state index >= 15 is 0 Å². The van der Waals surface area contributed by atoms with Crippen LogP contribution in [0.5, 0.6) is 0 Å². The largest absolute Gasteiger partial charge is 0.367 e. The third kappa shape index (κ3) is 3.60. The number of hydrogen-bond donors (Lipinski definition) is 4. The Morgan fingerprint density at radius 2 is 2.04 bits per heavy atom. The molecule has 0 unspecified atom stereocenters. The van der Waals surface area contributed by atoms with Crippen molar-refractivity contribution >= 4 is 40.2 Å². The first-order valence-electron chi connectivity index (χ1n) is 7.63. The van der Waals surface area contributed by atoms with Crippen LogP contribution >= 0.6 is 0 Å². The van der Waals surface area contributed by atoms with Crippen LogP contribution in [0.1, 0.15) is 20.8 Å².